The number of hydrogen-bond acceptors (Lipinski definition) is 1. The van der Waals surface area contributed by atoms with E-state index >= 15 is 0 Å². The number of nitrogens with zero attached hydrogens (tertiary/aromatic N) is 2. The fourth-order valence-electron chi connectivity index (χ4n) is 9.76. The van der Waals surface area contributed by atoms with Crippen LogP contribution in [0.1, 0.15) is 12.7 Å². The Morgan fingerprint density at radius 1 is 0.393 bits per heavy atom. The van der Waals surface area contributed by atoms with Crippen molar-refractivity contribution in [3.63, 3.8) is 0 Å². The average Bonchev–Trinajstić information content (AvgIpc) is 3.85. The fraction of sp³-hybridized carbons (Fsp3) is 0.0392. The third-order valence-corrected chi connectivity index (χ3v) is 12.7. The molecule has 0 saturated carbocycles. The molecule has 10 aromatic rings. The van der Waals surface area contributed by atoms with Crippen molar-refractivity contribution in [1.29, 1.82) is 0 Å². The number of aromatic nitrogens is 2. The van der Waals surface area contributed by atoms with Gasteiger partial charge in [-0.2, -0.15) is 0 Å². The van der Waals surface area contributed by atoms with Gasteiger partial charge in [-0.25, -0.2) is 4.98 Å². The topological polar surface area (TPSA) is 17.8 Å². The van der Waals surface area contributed by atoms with Crippen LogP contribution >= 0.6 is 0 Å². The van der Waals surface area contributed by atoms with Gasteiger partial charge in [0.2, 0.25) is 0 Å². The van der Waals surface area contributed by atoms with Crippen molar-refractivity contribution in [3.05, 3.63) is 133 Å². The first kappa shape index (κ1) is 37.7. The van der Waals surface area contributed by atoms with Crippen LogP contribution in [0.25, 0.3) is 105 Å². The molecule has 0 spiro atoms. The molecule has 1 aliphatic carbocycles. The number of rotatable bonds is 5. The van der Waals surface area contributed by atoms with Crippen LogP contribution in [-0.2, 0) is 6.42 Å². The lowest BCUT2D eigenvalue weighted by Gasteiger charge is -2.29. The predicted octanol–water partition coefficient (Wildman–Crippen LogP) is 4.05. The van der Waals surface area contributed by atoms with Gasteiger partial charge in [-0.3, -0.25) is 4.57 Å². The van der Waals surface area contributed by atoms with E-state index in [9.17, 15) is 0 Å². The van der Waals surface area contributed by atoms with E-state index in [1.54, 1.807) is 0 Å². The van der Waals surface area contributed by atoms with Crippen LogP contribution in [0, 0.1) is 0 Å². The van der Waals surface area contributed by atoms with Crippen LogP contribution in [0.3, 0.4) is 0 Å². The molecule has 0 N–H and O–H groups in total. The lowest BCUT2D eigenvalue weighted by Crippen LogP contribution is -2.50. The van der Waals surface area contributed by atoms with Crippen molar-refractivity contribution in [2.75, 3.05) is 0 Å². The molecule has 1 aromatic heterocycles. The van der Waals surface area contributed by atoms with Crippen molar-refractivity contribution in [2.24, 2.45) is 0 Å². The molecule has 0 saturated heterocycles. The van der Waals surface area contributed by atoms with Gasteiger partial charge in [0.05, 0.1) is 11.0 Å². The monoisotopic (exact) mass is 754 g/mol. The first-order valence-electron chi connectivity index (χ1n) is 20.2. The Balaban J connectivity index is 1.16. The van der Waals surface area contributed by atoms with Crippen LogP contribution in [0.4, 0.5) is 0 Å². The molecule has 0 aliphatic heterocycles. The van der Waals surface area contributed by atoms with Crippen molar-refractivity contribution in [3.8, 4) is 61.3 Å². The maximum absolute atomic E-state index is 7.11. The number of fused-ring (bicyclic) bond motifs is 6. The zero-order valence-corrected chi connectivity index (χ0v) is 33.3. The quantitative estimate of drug-likeness (QED) is 0.192. The van der Waals surface area contributed by atoms with E-state index in [-0.39, 0.29) is 43.7 Å². The molecule has 61 heavy (non-hydrogen) atoms. The van der Waals surface area contributed by atoms with Gasteiger partial charge in [-0.15, -0.1) is 21.9 Å². The Morgan fingerprint density at radius 3 is 1.43 bits per heavy atom. The smallest absolute Gasteiger partial charge is 0.114 e. The minimum Gasteiger partial charge on any atom is -0.296 e. The van der Waals surface area contributed by atoms with Gasteiger partial charge in [0.15, 0.2) is 0 Å². The molecule has 0 unspecified atom stereocenters. The van der Waals surface area contributed by atoms with Gasteiger partial charge in [0.1, 0.15) is 68.6 Å². The highest BCUT2D eigenvalue weighted by atomic mass is 15.1. The number of aryl methyl sites for hydroxylation is 1. The summed E-state index contributed by atoms with van der Waals surface area (Å²) >= 11 is 0. The van der Waals surface area contributed by atoms with Crippen LogP contribution in [0.15, 0.2) is 127 Å². The summed E-state index contributed by atoms with van der Waals surface area (Å²) in [6.07, 6.45) is 0.809. The van der Waals surface area contributed by atoms with Crippen LogP contribution < -0.4 is 43.7 Å². The second-order valence-electron chi connectivity index (χ2n) is 15.8. The van der Waals surface area contributed by atoms with Gasteiger partial charge in [-0.1, -0.05) is 132 Å². The highest BCUT2D eigenvalue weighted by Gasteiger charge is 2.28. The Hall–Kier alpha value is -6.25. The first-order valence-corrected chi connectivity index (χ1v) is 20.2. The normalized spacial score (nSPS) is 12.0. The minimum absolute atomic E-state index is 0.177. The van der Waals surface area contributed by atoms with E-state index < -0.39 is 0 Å². The molecule has 10 heteroatoms. The molecule has 0 atom stereocenters. The molecule has 11 rings (SSSR count). The fourth-order valence-corrected chi connectivity index (χ4v) is 9.76. The summed E-state index contributed by atoms with van der Waals surface area (Å²) in [5.74, 6) is 1.01. The zero-order valence-electron chi connectivity index (χ0n) is 33.3. The summed E-state index contributed by atoms with van der Waals surface area (Å²) < 4.78 is 2.22. The van der Waals surface area contributed by atoms with Crippen molar-refractivity contribution in [2.45, 2.75) is 13.3 Å². The first-order chi connectivity index (χ1) is 29.6. The molecule has 0 fully saturated rings. The van der Waals surface area contributed by atoms with Gasteiger partial charge >= 0.3 is 0 Å². The summed E-state index contributed by atoms with van der Waals surface area (Å²) in [5.41, 5.74) is 14.6. The molecule has 264 valence electrons. The highest BCUT2D eigenvalue weighted by molar-refractivity contribution is 6.71. The van der Waals surface area contributed by atoms with Crippen molar-refractivity contribution < 1.29 is 0 Å². The molecule has 9 aromatic carbocycles. The highest BCUT2D eigenvalue weighted by Crippen LogP contribution is 2.51. The summed E-state index contributed by atoms with van der Waals surface area (Å²) in [5, 5.41) is 4.47. The molecule has 1 aliphatic rings. The van der Waals surface area contributed by atoms with Crippen LogP contribution in [-0.4, -0.2) is 72.3 Å². The third kappa shape index (κ3) is 5.30. The van der Waals surface area contributed by atoms with E-state index in [4.69, 9.17) is 67.8 Å². The van der Waals surface area contributed by atoms with E-state index in [1.807, 2.05) is 30.3 Å². The Morgan fingerprint density at radius 2 is 0.852 bits per heavy atom. The van der Waals surface area contributed by atoms with Gasteiger partial charge in [-0.05, 0) is 112 Å². The number of benzene rings is 9. The lowest BCUT2D eigenvalue weighted by atomic mass is 9.59. The number of hydrogen-bond donors (Lipinski definition) is 0. The molecule has 0 amide bonds. The molecule has 0 bridgehead atoms. The molecular formula is C51H26B8N2. The maximum atomic E-state index is 7.11. The largest absolute Gasteiger partial charge is 0.296 e. The third-order valence-electron chi connectivity index (χ3n) is 12.7. The SMILES string of the molecule is [B]c1c([B])c([B])c2c(-c3ccc4c5c(cccc35)-c3ccccc3-4)c3c([B])c([B])c([B])c([B])c3c(-c3ccc(-c4ccc(-n5c(CC)nc6ccccc65)cc4)cc3)c2c1[B]. The summed E-state index contributed by atoms with van der Waals surface area (Å²) in [6, 6.07) is 43.9. The Kier molecular flexibility index (Phi) is 8.59. The summed E-state index contributed by atoms with van der Waals surface area (Å²) in [6.45, 7) is 2.12. The van der Waals surface area contributed by atoms with Crippen LogP contribution in [0.2, 0.25) is 0 Å². The van der Waals surface area contributed by atoms with Crippen LogP contribution in [0.5, 0.6) is 0 Å². The molecule has 1 heterocycles. The van der Waals surface area contributed by atoms with Crippen molar-refractivity contribution in [1.82, 2.24) is 9.55 Å². The predicted molar refractivity (Wildman–Crippen MR) is 267 cm³/mol. The van der Waals surface area contributed by atoms with Gasteiger partial charge in [0, 0.05) is 12.1 Å². The maximum Gasteiger partial charge on any atom is 0.114 e. The standard InChI is InChI=1S/C51H26B8N2/c1-2-36-60-34-12-5-6-13-35(34)61(36)27-20-18-25(19-21-27)24-14-16-26(17-15-24)37-40-42(46(54)50(58)48(56)44(40)52)39(43-41(37)45(53)49(57)51(59)47(43)55)33-23-22-32-29-9-4-3-8-28(29)30-10-7-11-31(33)38(30)32/h3-23H,2H2,1H3. The van der Waals surface area contributed by atoms with E-state index in [0.29, 0.717) is 32.7 Å². The van der Waals surface area contributed by atoms with Gasteiger partial charge < -0.3 is 0 Å². The second kappa shape index (κ2) is 13.9. The van der Waals surface area contributed by atoms with Crippen molar-refractivity contribution >= 4 is 150 Å². The van der Waals surface area contributed by atoms with E-state index in [1.165, 1.54) is 11.1 Å². The molecular weight excluding hydrogens is 727 g/mol. The Bertz CT molecular complexity index is 3430. The Labute approximate surface area is 365 Å². The zero-order chi connectivity index (χ0) is 42.0. The number of imidazole rings is 1. The lowest BCUT2D eigenvalue weighted by molar-refractivity contribution is 0.908. The summed E-state index contributed by atoms with van der Waals surface area (Å²) in [7, 11) is 55.2. The minimum atomic E-state index is 0.177. The second-order valence-corrected chi connectivity index (χ2v) is 15.8. The van der Waals surface area contributed by atoms with E-state index in [2.05, 4.69) is 109 Å². The molecule has 16 radical (unpaired) electrons. The average molecular weight is 753 g/mol. The number of para-hydroxylation sites is 2. The summed E-state index contributed by atoms with van der Waals surface area (Å²) in [4.78, 5) is 4.87. The molecule has 2 nitrogen and oxygen atoms in total. The van der Waals surface area contributed by atoms with E-state index in [0.717, 1.165) is 73.1 Å². The van der Waals surface area contributed by atoms with Gasteiger partial charge in [0.25, 0.3) is 0 Å².